The van der Waals surface area contributed by atoms with Crippen LogP contribution in [-0.2, 0) is 6.42 Å². The maximum atomic E-state index is 5.88. The van der Waals surface area contributed by atoms with Gasteiger partial charge >= 0.3 is 0 Å². The Kier molecular flexibility index (Phi) is 5.84. The van der Waals surface area contributed by atoms with Gasteiger partial charge in [0.05, 0.1) is 6.04 Å². The molecule has 1 aromatic heterocycles. The third-order valence-corrected chi connectivity index (χ3v) is 2.00. The predicted octanol–water partition coefficient (Wildman–Crippen LogP) is 3.06. The van der Waals surface area contributed by atoms with Gasteiger partial charge in [0, 0.05) is 6.42 Å². The van der Waals surface area contributed by atoms with Gasteiger partial charge in [-0.1, -0.05) is 20.3 Å². The number of hydrogen-bond donors (Lipinski definition) is 1. The van der Waals surface area contributed by atoms with Gasteiger partial charge < -0.3 is 10.2 Å². The van der Waals surface area contributed by atoms with E-state index in [0.717, 1.165) is 30.8 Å². The molecule has 0 aliphatic rings. The molecule has 13 heavy (non-hydrogen) atoms. The quantitative estimate of drug-likeness (QED) is 0.817. The molecule has 0 aromatic carbocycles. The summed E-state index contributed by atoms with van der Waals surface area (Å²) in [5, 5.41) is 0. The van der Waals surface area contributed by atoms with Crippen LogP contribution in [0.2, 0.25) is 0 Å². The molecule has 0 fully saturated rings. The molecule has 2 N–H and O–H groups in total. The fourth-order valence-electron chi connectivity index (χ4n) is 1.24. The van der Waals surface area contributed by atoms with E-state index in [2.05, 4.69) is 13.8 Å². The first-order valence-corrected chi connectivity index (χ1v) is 4.62. The lowest BCUT2D eigenvalue weighted by atomic mass is 10.1. The first-order valence-electron chi connectivity index (χ1n) is 4.62. The summed E-state index contributed by atoms with van der Waals surface area (Å²) in [6, 6.07) is 4.07. The van der Waals surface area contributed by atoms with Crippen LogP contribution < -0.4 is 5.73 Å². The van der Waals surface area contributed by atoms with Crippen LogP contribution in [0, 0.1) is 0 Å². The maximum Gasteiger partial charge on any atom is 0.120 e. The van der Waals surface area contributed by atoms with Crippen LogP contribution >= 0.6 is 12.4 Å². The third kappa shape index (κ3) is 3.41. The van der Waals surface area contributed by atoms with E-state index in [4.69, 9.17) is 10.2 Å². The van der Waals surface area contributed by atoms with Crippen LogP contribution in [0.25, 0.3) is 0 Å². The van der Waals surface area contributed by atoms with Gasteiger partial charge in [0.25, 0.3) is 0 Å². The first kappa shape index (κ1) is 12.5. The predicted molar refractivity (Wildman–Crippen MR) is 57.2 cm³/mol. The van der Waals surface area contributed by atoms with E-state index >= 15 is 0 Å². The highest BCUT2D eigenvalue weighted by molar-refractivity contribution is 5.85. The monoisotopic (exact) mass is 203 g/mol. The van der Waals surface area contributed by atoms with Crippen molar-refractivity contribution < 1.29 is 4.42 Å². The highest BCUT2D eigenvalue weighted by Crippen LogP contribution is 2.18. The van der Waals surface area contributed by atoms with Crippen LogP contribution in [0.3, 0.4) is 0 Å². The molecule has 0 aliphatic carbocycles. The summed E-state index contributed by atoms with van der Waals surface area (Å²) in [6.45, 7) is 4.21. The van der Waals surface area contributed by atoms with Crippen molar-refractivity contribution in [2.24, 2.45) is 5.73 Å². The number of nitrogens with two attached hydrogens (primary N) is 1. The Bertz CT molecular complexity index is 235. The molecule has 0 amide bonds. The summed E-state index contributed by atoms with van der Waals surface area (Å²) >= 11 is 0. The van der Waals surface area contributed by atoms with E-state index in [9.17, 15) is 0 Å². The second kappa shape index (κ2) is 6.06. The normalized spacial score (nSPS) is 12.2. The molecular formula is C10H18ClNO. The zero-order chi connectivity index (χ0) is 8.97. The van der Waals surface area contributed by atoms with Gasteiger partial charge in [-0.15, -0.1) is 12.4 Å². The molecule has 0 aliphatic heterocycles. The molecule has 76 valence electrons. The lowest BCUT2D eigenvalue weighted by Gasteiger charge is -2.05. The Morgan fingerprint density at radius 2 is 2.08 bits per heavy atom. The average Bonchev–Trinajstić information content (AvgIpc) is 2.52. The summed E-state index contributed by atoms with van der Waals surface area (Å²) in [4.78, 5) is 0. The van der Waals surface area contributed by atoms with Crippen LogP contribution in [0.1, 0.15) is 44.3 Å². The van der Waals surface area contributed by atoms with Crippen LogP contribution in [-0.4, -0.2) is 0 Å². The van der Waals surface area contributed by atoms with Crippen LogP contribution in [0.5, 0.6) is 0 Å². The average molecular weight is 204 g/mol. The van der Waals surface area contributed by atoms with Gasteiger partial charge in [-0.3, -0.25) is 0 Å². The molecule has 0 saturated carbocycles. The highest BCUT2D eigenvalue weighted by Gasteiger charge is 2.08. The van der Waals surface area contributed by atoms with Crippen molar-refractivity contribution in [2.75, 3.05) is 0 Å². The van der Waals surface area contributed by atoms with Crippen LogP contribution in [0.15, 0.2) is 16.5 Å². The molecular weight excluding hydrogens is 186 g/mol. The highest BCUT2D eigenvalue weighted by atomic mass is 35.5. The van der Waals surface area contributed by atoms with Crippen molar-refractivity contribution in [3.8, 4) is 0 Å². The minimum atomic E-state index is 0. The van der Waals surface area contributed by atoms with Gasteiger partial charge in [-0.05, 0) is 18.6 Å². The first-order chi connectivity index (χ1) is 5.77. The van der Waals surface area contributed by atoms with Gasteiger partial charge in [-0.25, -0.2) is 0 Å². The van der Waals surface area contributed by atoms with Crippen molar-refractivity contribution in [1.82, 2.24) is 0 Å². The zero-order valence-corrected chi connectivity index (χ0v) is 9.06. The topological polar surface area (TPSA) is 39.2 Å². The molecule has 1 rings (SSSR count). The second-order valence-corrected chi connectivity index (χ2v) is 3.05. The fourth-order valence-corrected chi connectivity index (χ4v) is 1.24. The second-order valence-electron chi connectivity index (χ2n) is 3.05. The lowest BCUT2D eigenvalue weighted by Crippen LogP contribution is -2.08. The third-order valence-electron chi connectivity index (χ3n) is 2.00. The summed E-state index contributed by atoms with van der Waals surface area (Å²) in [7, 11) is 0. The molecule has 2 nitrogen and oxygen atoms in total. The van der Waals surface area contributed by atoms with Gasteiger partial charge in [0.1, 0.15) is 11.5 Å². The molecule has 0 radical (unpaired) electrons. The van der Waals surface area contributed by atoms with Gasteiger partial charge in [0.15, 0.2) is 0 Å². The van der Waals surface area contributed by atoms with Gasteiger partial charge in [-0.2, -0.15) is 0 Å². The summed E-state index contributed by atoms with van der Waals surface area (Å²) in [5.74, 6) is 1.95. The number of furan rings is 1. The molecule has 3 heteroatoms. The number of rotatable bonds is 4. The number of aryl methyl sites for hydroxylation is 1. The molecule has 0 unspecified atom stereocenters. The van der Waals surface area contributed by atoms with Crippen molar-refractivity contribution in [1.29, 1.82) is 0 Å². The van der Waals surface area contributed by atoms with E-state index in [0.29, 0.717) is 0 Å². The van der Waals surface area contributed by atoms with Crippen molar-refractivity contribution in [3.05, 3.63) is 23.7 Å². The largest absolute Gasteiger partial charge is 0.464 e. The van der Waals surface area contributed by atoms with E-state index in [1.807, 2.05) is 12.1 Å². The van der Waals surface area contributed by atoms with Crippen molar-refractivity contribution >= 4 is 12.4 Å². The Morgan fingerprint density at radius 3 is 2.54 bits per heavy atom. The Balaban J connectivity index is 0.00000144. The van der Waals surface area contributed by atoms with E-state index in [1.54, 1.807) is 0 Å². The smallest absolute Gasteiger partial charge is 0.120 e. The Labute approximate surface area is 85.9 Å². The molecule has 1 aromatic rings. The Morgan fingerprint density at radius 1 is 1.38 bits per heavy atom. The maximum absolute atomic E-state index is 5.88. The number of halogens is 1. The van der Waals surface area contributed by atoms with E-state index < -0.39 is 0 Å². The van der Waals surface area contributed by atoms with Crippen LogP contribution in [0.4, 0.5) is 0 Å². The van der Waals surface area contributed by atoms with Gasteiger partial charge in [0.2, 0.25) is 0 Å². The minimum Gasteiger partial charge on any atom is -0.464 e. The van der Waals surface area contributed by atoms with E-state index in [1.165, 1.54) is 0 Å². The van der Waals surface area contributed by atoms with E-state index in [-0.39, 0.29) is 18.4 Å². The zero-order valence-electron chi connectivity index (χ0n) is 8.25. The SMILES string of the molecule is CCC[C@H](N)c1ccc(CC)o1.Cl. The minimum absolute atomic E-state index is 0. The summed E-state index contributed by atoms with van der Waals surface area (Å²) in [5.41, 5.74) is 5.88. The standard InChI is InChI=1S/C10H17NO.ClH/c1-3-5-9(11)10-7-6-8(4-2)12-10;/h6-7,9H,3-5,11H2,1-2H3;1H/t9-;/m0./s1. The molecule has 0 bridgehead atoms. The van der Waals surface area contributed by atoms with Crippen molar-refractivity contribution in [3.63, 3.8) is 0 Å². The summed E-state index contributed by atoms with van der Waals surface area (Å²) in [6.07, 6.45) is 3.04. The van der Waals surface area contributed by atoms with Crippen molar-refractivity contribution in [2.45, 2.75) is 39.2 Å². The molecule has 0 saturated heterocycles. The molecule has 1 heterocycles. The fraction of sp³-hybridized carbons (Fsp3) is 0.600. The summed E-state index contributed by atoms with van der Waals surface area (Å²) < 4.78 is 5.52. The molecule has 0 spiro atoms. The number of hydrogen-bond acceptors (Lipinski definition) is 2. The lowest BCUT2D eigenvalue weighted by molar-refractivity contribution is 0.423. The Hall–Kier alpha value is -0.470. The molecule has 1 atom stereocenters.